The Morgan fingerprint density at radius 3 is 2.19 bits per heavy atom. The van der Waals surface area contributed by atoms with E-state index in [2.05, 4.69) is 43.4 Å². The van der Waals surface area contributed by atoms with Crippen LogP contribution >= 0.6 is 0 Å². The fourth-order valence-electron chi connectivity index (χ4n) is 1.94. The summed E-state index contributed by atoms with van der Waals surface area (Å²) in [4.78, 5) is 0. The van der Waals surface area contributed by atoms with E-state index in [0.717, 1.165) is 19.4 Å². The van der Waals surface area contributed by atoms with Crippen LogP contribution in [0.15, 0.2) is 43.0 Å². The van der Waals surface area contributed by atoms with E-state index < -0.39 is 22.2 Å². The first-order valence-corrected chi connectivity index (χ1v) is 9.60. The van der Waals surface area contributed by atoms with Crippen LogP contribution in [-0.2, 0) is 25.0 Å². The van der Waals surface area contributed by atoms with Crippen molar-refractivity contribution in [2.45, 2.75) is 32.6 Å². The van der Waals surface area contributed by atoms with Gasteiger partial charge in [0.25, 0.3) is 0 Å². The molecular formula is C14H19OZr. The summed E-state index contributed by atoms with van der Waals surface area (Å²) in [6.45, 7) is 3.18. The van der Waals surface area contributed by atoms with Crippen LogP contribution in [0.25, 0.3) is 0 Å². The van der Waals surface area contributed by atoms with Crippen molar-refractivity contribution in [2.75, 3.05) is 6.61 Å². The van der Waals surface area contributed by atoms with Gasteiger partial charge in [-0.05, 0) is 0 Å². The standard InChI is InChI=1S/2C5H5.C4H9O.Zr/c2*1-2-4-5-3-1;1-2-3-4-5;/h2*1-3H,4H2;2-4H2,1H3;/q;;-1;+1. The number of hydrogen-bond donors (Lipinski definition) is 0. The Hall–Kier alpha value is -0.197. The van der Waals surface area contributed by atoms with Gasteiger partial charge >= 0.3 is 107 Å². The monoisotopic (exact) mass is 293 g/mol. The van der Waals surface area contributed by atoms with Gasteiger partial charge < -0.3 is 0 Å². The van der Waals surface area contributed by atoms with Gasteiger partial charge in [-0.1, -0.05) is 0 Å². The number of allylic oxidation sites excluding steroid dienone is 8. The molecule has 0 bridgehead atoms. The van der Waals surface area contributed by atoms with E-state index in [1.807, 2.05) is 0 Å². The second kappa shape index (κ2) is 6.52. The zero-order valence-electron chi connectivity index (χ0n) is 9.91. The molecule has 2 aliphatic rings. The molecule has 0 aromatic heterocycles. The molecule has 0 aromatic carbocycles. The average Bonchev–Trinajstić information content (AvgIpc) is 2.97. The van der Waals surface area contributed by atoms with Crippen molar-refractivity contribution < 1.29 is 25.0 Å². The van der Waals surface area contributed by atoms with Gasteiger partial charge in [0.1, 0.15) is 0 Å². The van der Waals surface area contributed by atoms with Gasteiger partial charge in [0, 0.05) is 0 Å². The zero-order chi connectivity index (χ0) is 11.2. The molecule has 0 atom stereocenters. The molecule has 0 N–H and O–H groups in total. The third-order valence-corrected chi connectivity index (χ3v) is 8.77. The first-order valence-electron chi connectivity index (χ1n) is 6.13. The van der Waals surface area contributed by atoms with Crippen LogP contribution in [0.5, 0.6) is 0 Å². The summed E-state index contributed by atoms with van der Waals surface area (Å²) in [7, 11) is 0. The molecule has 0 saturated heterocycles. The molecule has 0 fully saturated rings. The van der Waals surface area contributed by atoms with Gasteiger partial charge in [-0.25, -0.2) is 0 Å². The quantitative estimate of drug-likeness (QED) is 0.672. The molecule has 0 aromatic rings. The summed E-state index contributed by atoms with van der Waals surface area (Å²) < 4.78 is 9.44. The van der Waals surface area contributed by atoms with Crippen LogP contribution in [0.3, 0.4) is 0 Å². The molecule has 0 amide bonds. The van der Waals surface area contributed by atoms with E-state index in [1.165, 1.54) is 12.8 Å². The normalized spacial score (nSPS) is 17.8. The van der Waals surface area contributed by atoms with Crippen molar-refractivity contribution in [3.63, 3.8) is 0 Å². The van der Waals surface area contributed by atoms with Crippen LogP contribution in [0.4, 0.5) is 0 Å². The van der Waals surface area contributed by atoms with Crippen molar-refractivity contribution in [2.24, 2.45) is 0 Å². The molecule has 2 heteroatoms. The van der Waals surface area contributed by atoms with E-state index in [0.29, 0.717) is 0 Å². The molecule has 0 unspecified atom stereocenters. The van der Waals surface area contributed by atoms with Crippen molar-refractivity contribution in [1.82, 2.24) is 0 Å². The summed E-state index contributed by atoms with van der Waals surface area (Å²) in [6, 6.07) is 0. The number of hydrogen-bond acceptors (Lipinski definition) is 1. The second-order valence-electron chi connectivity index (χ2n) is 4.18. The van der Waals surface area contributed by atoms with Crippen LogP contribution in [0.1, 0.15) is 32.6 Å². The zero-order valence-corrected chi connectivity index (χ0v) is 12.4. The Morgan fingerprint density at radius 2 is 1.75 bits per heavy atom. The molecule has 0 radical (unpaired) electrons. The Kier molecular flexibility index (Phi) is 5.00. The van der Waals surface area contributed by atoms with E-state index >= 15 is 0 Å². The van der Waals surface area contributed by atoms with E-state index in [1.54, 1.807) is 6.56 Å². The molecule has 2 aliphatic carbocycles. The minimum absolute atomic E-state index is 0.958. The molecule has 0 saturated carbocycles. The molecule has 2 rings (SSSR count). The summed E-state index contributed by atoms with van der Waals surface area (Å²) in [5, 5.41) is 0. The SMILES string of the molecule is CCCC[O][Zr]([C]1=CC=CC1)[C]1=CC=CC1. The summed E-state index contributed by atoms with van der Waals surface area (Å²) in [6.07, 6.45) is 18.2. The van der Waals surface area contributed by atoms with Crippen LogP contribution < -0.4 is 0 Å². The van der Waals surface area contributed by atoms with Crippen LogP contribution in [0, 0.1) is 0 Å². The van der Waals surface area contributed by atoms with E-state index in [-0.39, 0.29) is 0 Å². The van der Waals surface area contributed by atoms with Crippen LogP contribution in [-0.4, -0.2) is 6.61 Å². The fraction of sp³-hybridized carbons (Fsp3) is 0.429. The van der Waals surface area contributed by atoms with Gasteiger partial charge in [0.05, 0.1) is 0 Å². The van der Waals surface area contributed by atoms with Gasteiger partial charge in [0.2, 0.25) is 0 Å². The third kappa shape index (κ3) is 3.15. The topological polar surface area (TPSA) is 9.23 Å². The number of rotatable bonds is 6. The van der Waals surface area contributed by atoms with E-state index in [4.69, 9.17) is 2.81 Å². The van der Waals surface area contributed by atoms with Gasteiger partial charge in [-0.15, -0.1) is 0 Å². The third-order valence-electron chi connectivity index (χ3n) is 2.87. The maximum atomic E-state index is 6.23. The minimum atomic E-state index is -1.89. The molecular weight excluding hydrogens is 275 g/mol. The Balaban J connectivity index is 1.96. The van der Waals surface area contributed by atoms with Crippen LogP contribution in [0.2, 0.25) is 0 Å². The van der Waals surface area contributed by atoms with Crippen molar-refractivity contribution >= 4 is 0 Å². The average molecular weight is 295 g/mol. The predicted molar refractivity (Wildman–Crippen MR) is 64.5 cm³/mol. The fourth-order valence-corrected chi connectivity index (χ4v) is 7.43. The first-order chi connectivity index (χ1) is 7.92. The summed E-state index contributed by atoms with van der Waals surface area (Å²) in [5.74, 6) is 0. The van der Waals surface area contributed by atoms with Crippen molar-refractivity contribution in [3.05, 3.63) is 43.0 Å². The maximum absolute atomic E-state index is 6.23. The Labute approximate surface area is 107 Å². The Bertz CT molecular complexity index is 320. The van der Waals surface area contributed by atoms with Gasteiger partial charge in [0.15, 0.2) is 0 Å². The molecule has 0 heterocycles. The predicted octanol–water partition coefficient (Wildman–Crippen LogP) is 4.02. The molecule has 1 nitrogen and oxygen atoms in total. The molecule has 16 heavy (non-hydrogen) atoms. The molecule has 85 valence electrons. The molecule has 0 aliphatic heterocycles. The van der Waals surface area contributed by atoms with Gasteiger partial charge in [-0.3, -0.25) is 0 Å². The second-order valence-corrected chi connectivity index (χ2v) is 9.66. The van der Waals surface area contributed by atoms with Crippen molar-refractivity contribution in [1.29, 1.82) is 0 Å². The first kappa shape index (κ1) is 12.3. The van der Waals surface area contributed by atoms with E-state index in [9.17, 15) is 0 Å². The Morgan fingerprint density at radius 1 is 1.12 bits per heavy atom. The number of unbranched alkanes of at least 4 members (excludes halogenated alkanes) is 1. The summed E-state index contributed by atoms with van der Waals surface area (Å²) in [5.41, 5.74) is 0. The molecule has 0 spiro atoms. The summed E-state index contributed by atoms with van der Waals surface area (Å²) >= 11 is -1.89. The van der Waals surface area contributed by atoms with Gasteiger partial charge in [-0.2, -0.15) is 0 Å². The van der Waals surface area contributed by atoms with Crippen molar-refractivity contribution in [3.8, 4) is 0 Å².